The molecule has 3 heterocycles. The molecule has 1 amide bonds. The summed E-state index contributed by atoms with van der Waals surface area (Å²) < 4.78 is 21.9. The number of ether oxygens (including phenoxy) is 4. The molecule has 1 fully saturated rings. The van der Waals surface area contributed by atoms with Crippen LogP contribution < -0.4 is 9.47 Å². The summed E-state index contributed by atoms with van der Waals surface area (Å²) in [5, 5.41) is 2.56. The Bertz CT molecular complexity index is 1230. The molecule has 40 heavy (non-hydrogen) atoms. The van der Waals surface area contributed by atoms with Crippen LogP contribution >= 0.6 is 11.8 Å². The van der Waals surface area contributed by atoms with Gasteiger partial charge in [0.15, 0.2) is 5.17 Å². The molecule has 3 aliphatic heterocycles. The second-order valence-electron chi connectivity index (χ2n) is 10.1. The maximum Gasteiger partial charge on any atom is 0.338 e. The molecule has 4 rings (SSSR count). The van der Waals surface area contributed by atoms with E-state index in [2.05, 4.69) is 0 Å². The van der Waals surface area contributed by atoms with Crippen molar-refractivity contribution in [1.29, 1.82) is 0 Å². The summed E-state index contributed by atoms with van der Waals surface area (Å²) in [5.41, 5.74) is 2.38. The van der Waals surface area contributed by atoms with Crippen molar-refractivity contribution in [2.75, 3.05) is 33.9 Å². The first-order valence-corrected chi connectivity index (χ1v) is 14.4. The number of thioether (sulfide) groups is 1. The number of benzene rings is 1. The fourth-order valence-corrected chi connectivity index (χ4v) is 6.10. The lowest BCUT2D eigenvalue weighted by Gasteiger charge is -2.37. The molecule has 11 heteroatoms. The quantitative estimate of drug-likeness (QED) is 0.398. The third-order valence-electron chi connectivity index (χ3n) is 6.98. The van der Waals surface area contributed by atoms with E-state index in [1.807, 2.05) is 22.4 Å². The molecule has 1 aromatic carbocycles. The van der Waals surface area contributed by atoms with Crippen LogP contribution in [0.5, 0.6) is 11.5 Å². The number of carbonyl (C=O) groups is 3. The van der Waals surface area contributed by atoms with Gasteiger partial charge in [0.05, 0.1) is 56.6 Å². The van der Waals surface area contributed by atoms with Gasteiger partial charge < -0.3 is 28.7 Å². The number of aliphatic imine (C=N–C) groups is 1. The zero-order valence-electron chi connectivity index (χ0n) is 23.9. The first kappa shape index (κ1) is 29.5. The van der Waals surface area contributed by atoms with Gasteiger partial charge in [0.25, 0.3) is 0 Å². The lowest BCUT2D eigenvalue weighted by atomic mass is 9.93. The highest BCUT2D eigenvalue weighted by molar-refractivity contribution is 8.16. The van der Waals surface area contributed by atoms with Gasteiger partial charge in [0, 0.05) is 24.9 Å². The second-order valence-corrected chi connectivity index (χ2v) is 10.9. The van der Waals surface area contributed by atoms with Crippen LogP contribution in [0.15, 0.2) is 45.6 Å². The third kappa shape index (κ3) is 6.29. The van der Waals surface area contributed by atoms with Gasteiger partial charge in [-0.1, -0.05) is 11.8 Å². The van der Waals surface area contributed by atoms with Crippen LogP contribution in [0.4, 0.5) is 0 Å². The Labute approximate surface area is 239 Å². The highest BCUT2D eigenvalue weighted by Gasteiger charge is 2.42. The van der Waals surface area contributed by atoms with E-state index in [9.17, 15) is 14.4 Å². The summed E-state index contributed by atoms with van der Waals surface area (Å²) in [5.74, 6) is -0.0165. The van der Waals surface area contributed by atoms with Crippen molar-refractivity contribution in [2.24, 2.45) is 10.9 Å². The molecule has 10 nitrogen and oxygen atoms in total. The number of esters is 2. The molecule has 0 aliphatic carbocycles. The minimum atomic E-state index is -0.620. The SMILES string of the molecule is CCOC(=O)[C@@H]1CCCN(C(=O)CC2=CSC3=NC(C)=C(C(=O)OC(C)C)[C@H](c4cc(OC)cc(OC)c4)N23)C1. The predicted octanol–water partition coefficient (Wildman–Crippen LogP) is 4.42. The Balaban J connectivity index is 1.67. The fourth-order valence-electron chi connectivity index (χ4n) is 5.13. The topological polar surface area (TPSA) is 107 Å². The molecule has 1 saturated heterocycles. The first-order valence-electron chi connectivity index (χ1n) is 13.5. The smallest absolute Gasteiger partial charge is 0.338 e. The molecule has 216 valence electrons. The summed E-state index contributed by atoms with van der Waals surface area (Å²) in [7, 11) is 3.14. The molecule has 0 spiro atoms. The summed E-state index contributed by atoms with van der Waals surface area (Å²) in [6.45, 7) is 8.40. The van der Waals surface area contributed by atoms with Crippen LogP contribution in [0.2, 0.25) is 0 Å². The standard InChI is InChI=1S/C29H37N3O7S/c1-7-38-27(34)19-9-8-10-31(15-19)24(33)13-21-16-40-29-30-18(4)25(28(35)39-17(2)3)26(32(21)29)20-11-22(36-5)14-23(12-20)37-6/h11-12,14,16-17,19,26H,7-10,13,15H2,1-6H3/t19-,26+/m1/s1. The van der Waals surface area contributed by atoms with Crippen LogP contribution in [0, 0.1) is 5.92 Å². The number of nitrogens with zero attached hydrogens (tertiary/aromatic N) is 3. The number of piperidine rings is 1. The number of carbonyl (C=O) groups excluding carboxylic acids is 3. The van der Waals surface area contributed by atoms with E-state index in [1.165, 1.54) is 11.8 Å². The van der Waals surface area contributed by atoms with Gasteiger partial charge in [0.2, 0.25) is 5.91 Å². The van der Waals surface area contributed by atoms with Crippen LogP contribution in [0.1, 0.15) is 58.6 Å². The maximum atomic E-state index is 13.5. The van der Waals surface area contributed by atoms with Crippen LogP contribution in [-0.2, 0) is 23.9 Å². The number of rotatable bonds is 9. The first-order chi connectivity index (χ1) is 19.2. The maximum absolute atomic E-state index is 13.5. The Morgan fingerprint density at radius 3 is 2.45 bits per heavy atom. The number of fused-ring (bicyclic) bond motifs is 1. The number of hydrogen-bond donors (Lipinski definition) is 0. The zero-order valence-corrected chi connectivity index (χ0v) is 24.7. The average Bonchev–Trinajstić information content (AvgIpc) is 3.33. The molecule has 3 aliphatic rings. The molecular weight excluding hydrogens is 534 g/mol. The Morgan fingerprint density at radius 1 is 1.12 bits per heavy atom. The van der Waals surface area contributed by atoms with E-state index >= 15 is 0 Å². The number of likely N-dealkylation sites (tertiary alicyclic amines) is 1. The minimum Gasteiger partial charge on any atom is -0.497 e. The lowest BCUT2D eigenvalue weighted by Crippen LogP contribution is -2.44. The van der Waals surface area contributed by atoms with Gasteiger partial charge in [-0.2, -0.15) is 0 Å². The number of allylic oxidation sites excluding steroid dienone is 1. The number of amides is 1. The molecule has 0 saturated carbocycles. The molecule has 0 aromatic heterocycles. The van der Waals surface area contributed by atoms with Crippen molar-refractivity contribution in [1.82, 2.24) is 9.80 Å². The molecule has 0 N–H and O–H groups in total. The van der Waals surface area contributed by atoms with Crippen molar-refractivity contribution >= 4 is 34.8 Å². The van der Waals surface area contributed by atoms with Crippen LogP contribution in [-0.4, -0.2) is 72.8 Å². The predicted molar refractivity (Wildman–Crippen MR) is 152 cm³/mol. The normalized spacial score (nSPS) is 20.6. The Hall–Kier alpha value is -3.47. The van der Waals surface area contributed by atoms with E-state index in [1.54, 1.807) is 52.9 Å². The number of hydrogen-bond acceptors (Lipinski definition) is 10. The minimum absolute atomic E-state index is 0.0880. The zero-order chi connectivity index (χ0) is 29.0. The number of methoxy groups -OCH3 is 2. The van der Waals surface area contributed by atoms with Crippen LogP contribution in [0.3, 0.4) is 0 Å². The van der Waals surface area contributed by atoms with Gasteiger partial charge in [-0.15, -0.1) is 0 Å². The highest BCUT2D eigenvalue weighted by atomic mass is 32.2. The Kier molecular flexibility index (Phi) is 9.44. The largest absolute Gasteiger partial charge is 0.497 e. The van der Waals surface area contributed by atoms with Gasteiger partial charge in [0.1, 0.15) is 11.5 Å². The molecule has 0 bridgehead atoms. The Morgan fingerprint density at radius 2 is 1.82 bits per heavy atom. The van der Waals surface area contributed by atoms with E-state index in [-0.39, 0.29) is 30.3 Å². The van der Waals surface area contributed by atoms with Crippen molar-refractivity contribution in [2.45, 2.75) is 59.1 Å². The summed E-state index contributed by atoms with van der Waals surface area (Å²) >= 11 is 1.41. The van der Waals surface area contributed by atoms with Crippen molar-refractivity contribution < 1.29 is 33.3 Å². The van der Waals surface area contributed by atoms with Crippen LogP contribution in [0.25, 0.3) is 0 Å². The molecule has 0 unspecified atom stereocenters. The summed E-state index contributed by atoms with van der Waals surface area (Å²) in [6.07, 6.45) is 1.20. The third-order valence-corrected chi connectivity index (χ3v) is 7.87. The van der Waals surface area contributed by atoms with Gasteiger partial charge in [-0.3, -0.25) is 9.59 Å². The average molecular weight is 572 g/mol. The second kappa shape index (κ2) is 12.8. The highest BCUT2D eigenvalue weighted by Crippen LogP contribution is 2.46. The van der Waals surface area contributed by atoms with Gasteiger partial charge in [-0.25, -0.2) is 9.79 Å². The van der Waals surface area contributed by atoms with Crippen molar-refractivity contribution in [3.05, 3.63) is 46.1 Å². The lowest BCUT2D eigenvalue weighted by molar-refractivity contribution is -0.151. The van der Waals surface area contributed by atoms with E-state index < -0.39 is 12.0 Å². The van der Waals surface area contributed by atoms with Crippen molar-refractivity contribution in [3.63, 3.8) is 0 Å². The van der Waals surface area contributed by atoms with Gasteiger partial charge in [-0.05, 0) is 63.6 Å². The molecule has 0 radical (unpaired) electrons. The van der Waals surface area contributed by atoms with E-state index in [4.69, 9.17) is 23.9 Å². The monoisotopic (exact) mass is 571 g/mol. The van der Waals surface area contributed by atoms with E-state index in [0.29, 0.717) is 59.8 Å². The number of amidine groups is 1. The van der Waals surface area contributed by atoms with E-state index in [0.717, 1.165) is 12.0 Å². The molecular formula is C29H37N3O7S. The molecule has 1 aromatic rings. The summed E-state index contributed by atoms with van der Waals surface area (Å²) in [6, 6.07) is 4.84. The fraction of sp³-hybridized carbons (Fsp3) is 0.517. The van der Waals surface area contributed by atoms with Crippen molar-refractivity contribution in [3.8, 4) is 11.5 Å². The molecule has 2 atom stereocenters. The van der Waals surface area contributed by atoms with Gasteiger partial charge >= 0.3 is 11.9 Å². The summed E-state index contributed by atoms with van der Waals surface area (Å²) in [4.78, 5) is 47.7.